The van der Waals surface area contributed by atoms with Crippen LogP contribution in [0.15, 0.2) is 24.3 Å². The third-order valence-corrected chi connectivity index (χ3v) is 4.33. The molecule has 0 aliphatic rings. The second kappa shape index (κ2) is 4.40. The molecule has 1 aromatic rings. The maximum absolute atomic E-state index is 11.1. The molecular formula is C8H10O6S2. The molecule has 0 saturated carbocycles. The van der Waals surface area contributed by atoms with Crippen molar-refractivity contribution in [3.05, 3.63) is 29.8 Å². The first-order valence-corrected chi connectivity index (χ1v) is 7.31. The molecule has 0 aliphatic heterocycles. The van der Waals surface area contributed by atoms with Crippen LogP contribution in [0.3, 0.4) is 0 Å². The molecule has 0 heterocycles. The molecule has 0 unspecified atom stereocenters. The zero-order chi connectivity index (χ0) is 12.4. The van der Waals surface area contributed by atoms with Crippen LogP contribution in [0.2, 0.25) is 0 Å². The molecule has 0 radical (unpaired) electrons. The molecule has 90 valence electrons. The molecule has 0 bridgehead atoms. The third-order valence-electron chi connectivity index (χ3n) is 1.54. The SMILES string of the molecule is Cc1ccc(OS(=O)(=O)CS(=O)(=O)O)cc1. The number of hydrogen-bond donors (Lipinski definition) is 1. The summed E-state index contributed by atoms with van der Waals surface area (Å²) in [6, 6.07) is 5.99. The summed E-state index contributed by atoms with van der Waals surface area (Å²) in [7, 11) is -8.97. The van der Waals surface area contributed by atoms with Gasteiger partial charge in [0, 0.05) is 0 Å². The molecular weight excluding hydrogens is 256 g/mol. The van der Waals surface area contributed by atoms with Crippen molar-refractivity contribution in [1.82, 2.24) is 0 Å². The first-order chi connectivity index (χ1) is 7.18. The van der Waals surface area contributed by atoms with Crippen molar-refractivity contribution in [2.75, 3.05) is 5.08 Å². The zero-order valence-electron chi connectivity index (χ0n) is 8.32. The summed E-state index contributed by atoms with van der Waals surface area (Å²) in [6.45, 7) is 1.80. The summed E-state index contributed by atoms with van der Waals surface area (Å²) in [5.74, 6) is -0.00532. The van der Waals surface area contributed by atoms with Crippen molar-refractivity contribution in [2.45, 2.75) is 6.92 Å². The molecule has 0 aromatic heterocycles. The second-order valence-corrected chi connectivity index (χ2v) is 6.54. The molecule has 0 spiro atoms. The van der Waals surface area contributed by atoms with Crippen LogP contribution in [0, 0.1) is 6.92 Å². The number of aryl methyl sites for hydroxylation is 1. The third kappa shape index (κ3) is 4.60. The minimum Gasteiger partial charge on any atom is -0.382 e. The van der Waals surface area contributed by atoms with Gasteiger partial charge in [0.15, 0.2) is 0 Å². The van der Waals surface area contributed by atoms with Crippen molar-refractivity contribution >= 4 is 20.2 Å². The van der Waals surface area contributed by atoms with Crippen LogP contribution < -0.4 is 4.18 Å². The van der Waals surface area contributed by atoms with E-state index in [0.717, 1.165) is 5.56 Å². The quantitative estimate of drug-likeness (QED) is 0.631. The first kappa shape index (κ1) is 12.9. The fourth-order valence-electron chi connectivity index (χ4n) is 0.947. The van der Waals surface area contributed by atoms with Gasteiger partial charge in [0.1, 0.15) is 5.75 Å². The molecule has 1 N–H and O–H groups in total. The average Bonchev–Trinajstić information content (AvgIpc) is 2.04. The number of benzene rings is 1. The average molecular weight is 266 g/mol. The largest absolute Gasteiger partial charge is 0.382 e. The minimum absolute atomic E-state index is 0.00532. The lowest BCUT2D eigenvalue weighted by Gasteiger charge is -2.05. The molecule has 0 atom stereocenters. The van der Waals surface area contributed by atoms with Gasteiger partial charge in [0.05, 0.1) is 0 Å². The van der Waals surface area contributed by atoms with Crippen LogP contribution >= 0.6 is 0 Å². The van der Waals surface area contributed by atoms with E-state index in [-0.39, 0.29) is 5.75 Å². The van der Waals surface area contributed by atoms with Gasteiger partial charge >= 0.3 is 10.1 Å². The Morgan fingerprint density at radius 1 is 1.12 bits per heavy atom. The van der Waals surface area contributed by atoms with Gasteiger partial charge in [0.2, 0.25) is 5.08 Å². The highest BCUT2D eigenvalue weighted by Gasteiger charge is 2.21. The summed E-state index contributed by atoms with van der Waals surface area (Å²) < 4.78 is 55.9. The Morgan fingerprint density at radius 2 is 1.62 bits per heavy atom. The smallest absolute Gasteiger partial charge is 0.326 e. The summed E-state index contributed by atoms with van der Waals surface area (Å²) in [4.78, 5) is 0. The molecule has 0 amide bonds. The van der Waals surface area contributed by atoms with Gasteiger partial charge in [-0.15, -0.1) is 0 Å². The molecule has 6 nitrogen and oxygen atoms in total. The number of hydrogen-bond acceptors (Lipinski definition) is 5. The van der Waals surface area contributed by atoms with Gasteiger partial charge < -0.3 is 4.18 Å². The molecule has 16 heavy (non-hydrogen) atoms. The normalized spacial score (nSPS) is 12.4. The van der Waals surface area contributed by atoms with Crippen molar-refractivity contribution in [3.63, 3.8) is 0 Å². The van der Waals surface area contributed by atoms with E-state index < -0.39 is 25.3 Å². The predicted octanol–water partition coefficient (Wildman–Crippen LogP) is 0.549. The Labute approximate surface area is 93.7 Å². The highest BCUT2D eigenvalue weighted by atomic mass is 32.3. The maximum Gasteiger partial charge on any atom is 0.326 e. The highest BCUT2D eigenvalue weighted by molar-refractivity contribution is 8.03. The summed E-state index contributed by atoms with van der Waals surface area (Å²) in [5, 5.41) is -1.46. The Morgan fingerprint density at radius 3 is 2.06 bits per heavy atom. The van der Waals surface area contributed by atoms with Gasteiger partial charge in [-0.05, 0) is 19.1 Å². The lowest BCUT2D eigenvalue weighted by Crippen LogP contribution is -2.20. The van der Waals surface area contributed by atoms with Crippen molar-refractivity contribution < 1.29 is 25.6 Å². The van der Waals surface area contributed by atoms with Gasteiger partial charge in [0.25, 0.3) is 10.1 Å². The van der Waals surface area contributed by atoms with E-state index in [1.165, 1.54) is 12.1 Å². The molecule has 1 rings (SSSR count). The van der Waals surface area contributed by atoms with E-state index in [4.69, 9.17) is 4.55 Å². The highest BCUT2D eigenvalue weighted by Crippen LogP contribution is 2.14. The fraction of sp³-hybridized carbons (Fsp3) is 0.250. The maximum atomic E-state index is 11.1. The molecule has 0 aliphatic carbocycles. The van der Waals surface area contributed by atoms with Gasteiger partial charge in [-0.3, -0.25) is 4.55 Å². The Balaban J connectivity index is 2.85. The van der Waals surface area contributed by atoms with Crippen LogP contribution in [0.5, 0.6) is 5.75 Å². The molecule has 8 heteroatoms. The van der Waals surface area contributed by atoms with Crippen LogP contribution in [0.4, 0.5) is 0 Å². The Hall–Kier alpha value is -1.12. The van der Waals surface area contributed by atoms with E-state index in [0.29, 0.717) is 0 Å². The van der Waals surface area contributed by atoms with Gasteiger partial charge in [-0.2, -0.15) is 16.8 Å². The summed E-state index contributed by atoms with van der Waals surface area (Å²) in [6.07, 6.45) is 0. The van der Waals surface area contributed by atoms with E-state index in [1.807, 2.05) is 0 Å². The molecule has 1 aromatic carbocycles. The van der Waals surface area contributed by atoms with Crippen molar-refractivity contribution in [1.29, 1.82) is 0 Å². The van der Waals surface area contributed by atoms with Gasteiger partial charge in [-0.25, -0.2) is 0 Å². The van der Waals surface area contributed by atoms with Crippen LogP contribution in [0.1, 0.15) is 5.56 Å². The topological polar surface area (TPSA) is 97.7 Å². The van der Waals surface area contributed by atoms with E-state index >= 15 is 0 Å². The standard InChI is InChI=1S/C8H10O6S2/c1-7-2-4-8(5-3-7)14-16(12,13)6-15(9,10)11/h2-5H,6H2,1H3,(H,9,10,11). The van der Waals surface area contributed by atoms with E-state index in [1.54, 1.807) is 19.1 Å². The predicted molar refractivity (Wildman–Crippen MR) is 57.1 cm³/mol. The van der Waals surface area contributed by atoms with E-state index in [9.17, 15) is 16.8 Å². The Bertz CT molecular complexity index is 555. The number of rotatable bonds is 4. The monoisotopic (exact) mass is 266 g/mol. The van der Waals surface area contributed by atoms with E-state index in [2.05, 4.69) is 4.18 Å². The minimum atomic E-state index is -4.62. The van der Waals surface area contributed by atoms with Crippen LogP contribution in [-0.2, 0) is 20.2 Å². The Kier molecular flexibility index (Phi) is 3.56. The van der Waals surface area contributed by atoms with Crippen LogP contribution in [-0.4, -0.2) is 26.5 Å². The fourth-order valence-corrected chi connectivity index (χ4v) is 3.00. The van der Waals surface area contributed by atoms with Crippen molar-refractivity contribution in [3.8, 4) is 5.75 Å². The lowest BCUT2D eigenvalue weighted by molar-refractivity contribution is 0.473. The lowest BCUT2D eigenvalue weighted by atomic mass is 10.2. The molecule has 0 fully saturated rings. The first-order valence-electron chi connectivity index (χ1n) is 4.12. The van der Waals surface area contributed by atoms with Crippen LogP contribution in [0.25, 0.3) is 0 Å². The zero-order valence-corrected chi connectivity index (χ0v) is 9.95. The molecule has 0 saturated heterocycles. The van der Waals surface area contributed by atoms with Gasteiger partial charge in [-0.1, -0.05) is 17.7 Å². The van der Waals surface area contributed by atoms with Crippen molar-refractivity contribution in [2.24, 2.45) is 0 Å². The summed E-state index contributed by atoms with van der Waals surface area (Å²) >= 11 is 0. The summed E-state index contributed by atoms with van der Waals surface area (Å²) in [5.41, 5.74) is 0.902. The second-order valence-electron chi connectivity index (χ2n) is 3.15.